The summed E-state index contributed by atoms with van der Waals surface area (Å²) in [6.45, 7) is 0.819. The number of phenolic OH excluding ortho intramolecular Hbond substituents is 1. The molecule has 8 heteroatoms. The van der Waals surface area contributed by atoms with Crippen LogP contribution in [-0.4, -0.2) is 58.8 Å². The molecular formula is C12H19Br2NO5. The van der Waals surface area contributed by atoms with Crippen LogP contribution in [0.4, 0.5) is 0 Å². The topological polar surface area (TPSA) is 82.4 Å². The number of rotatable bonds is 8. The summed E-state index contributed by atoms with van der Waals surface area (Å²) in [5, 5.41) is 27.6. The molecule has 0 aromatic heterocycles. The third-order valence-corrected chi connectivity index (χ3v) is 2.63. The average Bonchev–Trinajstić information content (AvgIpc) is 2.46. The Morgan fingerprint density at radius 2 is 1.50 bits per heavy atom. The maximum atomic E-state index is 8.74. The van der Waals surface area contributed by atoms with Crippen molar-refractivity contribution in [1.82, 2.24) is 5.23 Å². The van der Waals surface area contributed by atoms with Gasteiger partial charge >= 0.3 is 0 Å². The van der Waals surface area contributed by atoms with Gasteiger partial charge in [0.15, 0.2) is 0 Å². The second-order valence-corrected chi connectivity index (χ2v) is 5.04. The maximum Gasteiger partial charge on any atom is 0.115 e. The number of hydroxylamine groups is 2. The van der Waals surface area contributed by atoms with Crippen LogP contribution in [0, 0.1) is 0 Å². The summed E-state index contributed by atoms with van der Waals surface area (Å²) in [5.41, 5.74) is 0. The summed E-state index contributed by atoms with van der Waals surface area (Å²) < 4.78 is 0.982. The van der Waals surface area contributed by atoms with E-state index in [2.05, 4.69) is 31.9 Å². The third-order valence-electron chi connectivity index (χ3n) is 1.75. The summed E-state index contributed by atoms with van der Waals surface area (Å²) in [4.78, 5) is 9.91. The third kappa shape index (κ3) is 11.6. The number of aliphatic hydroxyl groups is 2. The van der Waals surface area contributed by atoms with Crippen LogP contribution in [0.2, 0.25) is 0 Å². The van der Waals surface area contributed by atoms with E-state index in [0.29, 0.717) is 17.6 Å². The van der Waals surface area contributed by atoms with E-state index < -0.39 is 0 Å². The van der Waals surface area contributed by atoms with Crippen LogP contribution in [0.3, 0.4) is 0 Å². The molecule has 0 spiro atoms. The first kappa shape index (κ1) is 19.8. The summed E-state index contributed by atoms with van der Waals surface area (Å²) >= 11 is 6.44. The fraction of sp³-hybridized carbons (Fsp3) is 0.500. The van der Waals surface area contributed by atoms with Gasteiger partial charge in [-0.2, -0.15) is 0 Å². The lowest BCUT2D eigenvalue weighted by atomic mass is 10.3. The van der Waals surface area contributed by atoms with Gasteiger partial charge in [-0.3, -0.25) is 9.68 Å². The van der Waals surface area contributed by atoms with Gasteiger partial charge in [-0.1, -0.05) is 37.1 Å². The van der Waals surface area contributed by atoms with Crippen molar-refractivity contribution >= 4 is 31.9 Å². The standard InChI is InChI=1S/C6H14BrNO4.C6H5BrO/c7-1-2-8(11-5-3-9)12-6-4-10;7-5-1-3-6(8)4-2-5/h9-10H,1-6H2;1-4,8H. The van der Waals surface area contributed by atoms with Crippen LogP contribution < -0.4 is 0 Å². The Bertz CT molecular complexity index is 297. The van der Waals surface area contributed by atoms with Crippen LogP contribution >= 0.6 is 31.9 Å². The second kappa shape index (κ2) is 13.7. The first-order valence-corrected chi connectivity index (χ1v) is 7.81. The van der Waals surface area contributed by atoms with E-state index in [1.807, 2.05) is 0 Å². The molecule has 0 heterocycles. The largest absolute Gasteiger partial charge is 0.508 e. The SMILES string of the molecule is OCCON(CCBr)OCCO.Oc1ccc(Br)cc1. The molecule has 0 unspecified atom stereocenters. The number of alkyl halides is 1. The van der Waals surface area contributed by atoms with Gasteiger partial charge in [0.2, 0.25) is 0 Å². The van der Waals surface area contributed by atoms with Crippen molar-refractivity contribution in [3.05, 3.63) is 28.7 Å². The van der Waals surface area contributed by atoms with Gasteiger partial charge in [0, 0.05) is 9.80 Å². The Morgan fingerprint density at radius 1 is 1.00 bits per heavy atom. The summed E-state index contributed by atoms with van der Waals surface area (Å²) in [6, 6.07) is 6.83. The highest BCUT2D eigenvalue weighted by Crippen LogP contribution is 2.13. The highest BCUT2D eigenvalue weighted by atomic mass is 79.9. The number of hydrogen-bond acceptors (Lipinski definition) is 6. The molecule has 0 saturated heterocycles. The highest BCUT2D eigenvalue weighted by Gasteiger charge is 2.03. The zero-order valence-corrected chi connectivity index (χ0v) is 14.1. The number of aliphatic hydroxyl groups excluding tert-OH is 2. The van der Waals surface area contributed by atoms with E-state index in [0.717, 1.165) is 4.47 Å². The molecule has 0 radical (unpaired) electrons. The lowest BCUT2D eigenvalue weighted by Crippen LogP contribution is -2.29. The van der Waals surface area contributed by atoms with Gasteiger partial charge < -0.3 is 15.3 Å². The number of benzene rings is 1. The molecule has 3 N–H and O–H groups in total. The highest BCUT2D eigenvalue weighted by molar-refractivity contribution is 9.10. The lowest BCUT2D eigenvalue weighted by Gasteiger charge is -2.18. The van der Waals surface area contributed by atoms with Crippen LogP contribution in [0.25, 0.3) is 0 Å². The molecule has 0 atom stereocenters. The first-order valence-electron chi connectivity index (χ1n) is 5.89. The van der Waals surface area contributed by atoms with Crippen molar-refractivity contribution in [3.63, 3.8) is 0 Å². The fourth-order valence-corrected chi connectivity index (χ4v) is 1.52. The second-order valence-electron chi connectivity index (χ2n) is 3.34. The molecule has 116 valence electrons. The van der Waals surface area contributed by atoms with Crippen molar-refractivity contribution in [2.75, 3.05) is 38.3 Å². The number of hydrogen-bond donors (Lipinski definition) is 3. The smallest absolute Gasteiger partial charge is 0.115 e. The Kier molecular flexibility index (Phi) is 13.6. The zero-order chi connectivity index (χ0) is 15.2. The molecule has 1 rings (SSSR count). The monoisotopic (exact) mass is 415 g/mol. The molecule has 0 fully saturated rings. The normalized spacial score (nSPS) is 10.2. The quantitative estimate of drug-likeness (QED) is 0.442. The van der Waals surface area contributed by atoms with E-state index in [1.165, 1.54) is 5.23 Å². The molecule has 0 saturated carbocycles. The zero-order valence-electron chi connectivity index (χ0n) is 10.9. The van der Waals surface area contributed by atoms with Gasteiger partial charge in [0.05, 0.1) is 33.0 Å². The molecule has 1 aromatic rings. The van der Waals surface area contributed by atoms with Crippen molar-refractivity contribution < 1.29 is 25.0 Å². The number of nitrogens with zero attached hydrogens (tertiary/aromatic N) is 1. The molecule has 1 aromatic carbocycles. The summed E-state index contributed by atoms with van der Waals surface area (Å²) in [5.74, 6) is 0.299. The van der Waals surface area contributed by atoms with Crippen molar-refractivity contribution in [1.29, 1.82) is 0 Å². The Balaban J connectivity index is 0.000000388. The fourth-order valence-electron chi connectivity index (χ4n) is 0.962. The van der Waals surface area contributed by atoms with Crippen molar-refractivity contribution in [2.24, 2.45) is 0 Å². The van der Waals surface area contributed by atoms with Gasteiger partial charge in [-0.15, -0.1) is 0 Å². The van der Waals surface area contributed by atoms with Crippen LogP contribution in [-0.2, 0) is 9.68 Å². The van der Waals surface area contributed by atoms with Crippen LogP contribution in [0.1, 0.15) is 0 Å². The van der Waals surface area contributed by atoms with E-state index >= 15 is 0 Å². The number of halogens is 2. The lowest BCUT2D eigenvalue weighted by molar-refractivity contribution is -0.368. The number of aromatic hydroxyl groups is 1. The van der Waals surface area contributed by atoms with E-state index in [4.69, 9.17) is 25.0 Å². The minimum Gasteiger partial charge on any atom is -0.508 e. The molecule has 0 bridgehead atoms. The predicted molar refractivity (Wildman–Crippen MR) is 82.4 cm³/mol. The molecule has 0 amide bonds. The van der Waals surface area contributed by atoms with Gasteiger partial charge in [-0.25, -0.2) is 0 Å². The molecular weight excluding hydrogens is 398 g/mol. The van der Waals surface area contributed by atoms with E-state index in [-0.39, 0.29) is 26.4 Å². The van der Waals surface area contributed by atoms with Crippen LogP contribution in [0.5, 0.6) is 5.75 Å². The minimum absolute atomic E-state index is 0.0543. The molecule has 20 heavy (non-hydrogen) atoms. The van der Waals surface area contributed by atoms with Gasteiger partial charge in [-0.05, 0) is 24.3 Å². The van der Waals surface area contributed by atoms with Gasteiger partial charge in [0.1, 0.15) is 5.75 Å². The first-order chi connectivity index (χ1) is 9.63. The molecule has 0 aliphatic rings. The molecule has 0 aliphatic heterocycles. The van der Waals surface area contributed by atoms with E-state index in [1.54, 1.807) is 24.3 Å². The Hall–Kier alpha value is -0.220. The minimum atomic E-state index is -0.0543. The van der Waals surface area contributed by atoms with E-state index in [9.17, 15) is 0 Å². The summed E-state index contributed by atoms with van der Waals surface area (Å²) in [7, 11) is 0. The molecule has 6 nitrogen and oxygen atoms in total. The van der Waals surface area contributed by atoms with Gasteiger partial charge in [0.25, 0.3) is 0 Å². The Labute approximate surface area is 135 Å². The molecule has 0 aliphatic carbocycles. The number of phenols is 1. The maximum absolute atomic E-state index is 8.74. The average molecular weight is 417 g/mol. The van der Waals surface area contributed by atoms with Crippen molar-refractivity contribution in [2.45, 2.75) is 0 Å². The van der Waals surface area contributed by atoms with Crippen molar-refractivity contribution in [3.8, 4) is 5.75 Å². The van der Waals surface area contributed by atoms with Crippen LogP contribution in [0.15, 0.2) is 28.7 Å². The predicted octanol–water partition coefficient (Wildman–Crippen LogP) is 1.69. The Morgan fingerprint density at radius 3 is 1.85 bits per heavy atom. The summed E-state index contributed by atoms with van der Waals surface area (Å²) in [6.07, 6.45) is 0.